The van der Waals surface area contributed by atoms with Gasteiger partial charge < -0.3 is 39.4 Å². The van der Waals surface area contributed by atoms with E-state index in [1.54, 1.807) is 19.2 Å². The van der Waals surface area contributed by atoms with Crippen LogP contribution >= 0.6 is 11.8 Å². The van der Waals surface area contributed by atoms with Crippen LogP contribution in [0.5, 0.6) is 28.7 Å². The second-order valence-corrected chi connectivity index (χ2v) is 13.7. The average molecular weight is 705 g/mol. The van der Waals surface area contributed by atoms with Crippen LogP contribution in [0.15, 0.2) is 6.07 Å². The quantitative estimate of drug-likeness (QED) is 0.315. The van der Waals surface area contributed by atoms with Gasteiger partial charge in [-0.15, -0.1) is 11.8 Å². The summed E-state index contributed by atoms with van der Waals surface area (Å²) < 4.78 is 68.9. The summed E-state index contributed by atoms with van der Waals surface area (Å²) >= 11 is 1.02. The highest BCUT2D eigenvalue weighted by atomic mass is 32.2. The molecule has 5 aliphatic heterocycles. The number of alkyl halides is 3. The number of carbonyl (C=O) groups excluding carboxylic acids is 3. The molecule has 1 amide bonds. The lowest BCUT2D eigenvalue weighted by atomic mass is 9.72. The van der Waals surface area contributed by atoms with E-state index in [9.17, 15) is 37.9 Å². The van der Waals surface area contributed by atoms with Gasteiger partial charge in [-0.3, -0.25) is 14.5 Å². The number of amides is 1. The highest BCUT2D eigenvalue weighted by Gasteiger charge is 2.59. The maximum Gasteiger partial charge on any atom is 0.471 e. The van der Waals surface area contributed by atoms with Gasteiger partial charge in [-0.25, -0.2) is 4.79 Å². The summed E-state index contributed by atoms with van der Waals surface area (Å²) in [4.78, 5) is 39.8. The summed E-state index contributed by atoms with van der Waals surface area (Å²) in [5.41, 5.74) is 3.30. The normalized spacial score (nSPS) is 28.3. The third kappa shape index (κ3) is 5.10. The fourth-order valence-electron chi connectivity index (χ4n) is 7.91. The first-order valence-electron chi connectivity index (χ1n) is 15.4. The molecular weight excluding hydrogens is 673 g/mol. The number of thioether (sulfide) groups is 1. The predicted molar refractivity (Wildman–Crippen MR) is 163 cm³/mol. The molecular formula is C32H31F3N4O9S. The number of ether oxygens (including phenoxy) is 5. The van der Waals surface area contributed by atoms with Crippen molar-refractivity contribution in [1.29, 1.82) is 5.26 Å². The van der Waals surface area contributed by atoms with Gasteiger partial charge in [0.25, 0.3) is 0 Å². The Morgan fingerprint density at radius 3 is 2.57 bits per heavy atom. The number of aryl methyl sites for hydroxylation is 1. The van der Waals surface area contributed by atoms with Crippen molar-refractivity contribution in [3.63, 3.8) is 0 Å². The first kappa shape index (κ1) is 33.1. The van der Waals surface area contributed by atoms with Crippen LogP contribution in [0.25, 0.3) is 0 Å². The van der Waals surface area contributed by atoms with Crippen LogP contribution in [0.3, 0.4) is 0 Å². The number of phenolic OH excluding ortho intramolecular Hbond substituents is 1. The number of hydrogen-bond donors (Lipinski definition) is 3. The zero-order valence-electron chi connectivity index (χ0n) is 26.6. The molecule has 0 aliphatic carbocycles. The number of hydrogen-bond acceptors (Lipinski definition) is 13. The second kappa shape index (κ2) is 11.9. The summed E-state index contributed by atoms with van der Waals surface area (Å²) in [5.74, 6) is -3.56. The molecule has 13 nitrogen and oxygen atoms in total. The maximum absolute atomic E-state index is 13.3. The number of methoxy groups -OCH3 is 1. The van der Waals surface area contributed by atoms with Gasteiger partial charge in [0.05, 0.1) is 30.5 Å². The molecule has 0 radical (unpaired) electrons. The van der Waals surface area contributed by atoms with Crippen molar-refractivity contribution in [2.45, 2.75) is 74.9 Å². The minimum Gasteiger partial charge on any atom is -0.504 e. The average Bonchev–Trinajstić information content (AvgIpc) is 3.53. The van der Waals surface area contributed by atoms with E-state index in [-0.39, 0.29) is 24.0 Å². The van der Waals surface area contributed by atoms with Crippen molar-refractivity contribution in [1.82, 2.24) is 15.5 Å². The summed E-state index contributed by atoms with van der Waals surface area (Å²) in [6.07, 6.45) is -4.90. The van der Waals surface area contributed by atoms with Gasteiger partial charge in [0, 0.05) is 47.0 Å². The number of phenols is 1. The minimum absolute atomic E-state index is 0.106. The molecule has 2 fully saturated rings. The van der Waals surface area contributed by atoms with E-state index in [0.29, 0.717) is 45.7 Å². The molecule has 4 unspecified atom stereocenters. The third-order valence-electron chi connectivity index (χ3n) is 9.71. The molecule has 260 valence electrons. The standard InChI is InChI=1S/C32H31F3N4O9S/c1-11-5-14-6-15-17(7-36)39-18-8-45-30(42)16(38-31(43)32(33,34)35)9-49-29(23(39)22(37-15)19(14)24(41)25(11)44-4)21-20(18)28-27(46-10-47-28)12(2)26(21)48-13(3)40/h5,15-18,22-23,29,37,41H,6,8-10H2,1-4H3,(H,38,43)/t15?,16?,17-,18-,22?,23?,29+/m0/s1. The molecule has 2 saturated heterocycles. The molecule has 7 rings (SSSR count). The lowest BCUT2D eigenvalue weighted by Crippen LogP contribution is -2.69. The van der Waals surface area contributed by atoms with E-state index in [2.05, 4.69) is 11.4 Å². The van der Waals surface area contributed by atoms with Crippen molar-refractivity contribution >= 4 is 29.6 Å². The number of esters is 2. The summed E-state index contributed by atoms with van der Waals surface area (Å²) in [5, 5.41) is 26.8. The van der Waals surface area contributed by atoms with Gasteiger partial charge in [0.2, 0.25) is 6.79 Å². The van der Waals surface area contributed by atoms with E-state index in [1.807, 2.05) is 11.0 Å². The van der Waals surface area contributed by atoms with E-state index in [4.69, 9.17) is 23.7 Å². The van der Waals surface area contributed by atoms with E-state index in [0.717, 1.165) is 17.3 Å². The number of rotatable bonds is 3. The molecule has 0 saturated carbocycles. The maximum atomic E-state index is 13.3. The highest BCUT2D eigenvalue weighted by Crippen LogP contribution is 2.62. The number of carbonyl (C=O) groups is 3. The van der Waals surface area contributed by atoms with Gasteiger partial charge in [-0.1, -0.05) is 6.07 Å². The van der Waals surface area contributed by atoms with Crippen LogP contribution in [-0.4, -0.2) is 84.5 Å². The number of fused-ring (bicyclic) bond motifs is 9. The first-order valence-corrected chi connectivity index (χ1v) is 16.4. The third-order valence-corrected chi connectivity index (χ3v) is 11.1. The van der Waals surface area contributed by atoms with Crippen molar-refractivity contribution in [3.8, 4) is 34.8 Å². The monoisotopic (exact) mass is 704 g/mol. The lowest BCUT2D eigenvalue weighted by molar-refractivity contribution is -0.175. The molecule has 49 heavy (non-hydrogen) atoms. The molecule has 4 bridgehead atoms. The Morgan fingerprint density at radius 2 is 1.90 bits per heavy atom. The molecule has 0 spiro atoms. The van der Waals surface area contributed by atoms with Crippen molar-refractivity contribution in [2.24, 2.45) is 0 Å². The molecule has 7 atom stereocenters. The molecule has 5 aliphatic rings. The van der Waals surface area contributed by atoms with Gasteiger partial charge in [-0.2, -0.15) is 18.4 Å². The number of halogens is 3. The topological polar surface area (TPSA) is 169 Å². The van der Waals surface area contributed by atoms with Crippen LogP contribution in [-0.2, 0) is 25.5 Å². The number of nitriles is 1. The van der Waals surface area contributed by atoms with Crippen molar-refractivity contribution in [3.05, 3.63) is 39.4 Å². The van der Waals surface area contributed by atoms with Gasteiger partial charge in [0.15, 0.2) is 23.0 Å². The van der Waals surface area contributed by atoms with Crippen LogP contribution in [0.4, 0.5) is 13.2 Å². The van der Waals surface area contributed by atoms with E-state index >= 15 is 0 Å². The number of benzene rings is 2. The molecule has 5 heterocycles. The van der Waals surface area contributed by atoms with Crippen molar-refractivity contribution < 1.29 is 56.3 Å². The zero-order valence-corrected chi connectivity index (χ0v) is 27.4. The van der Waals surface area contributed by atoms with Crippen LogP contribution in [0, 0.1) is 25.2 Å². The van der Waals surface area contributed by atoms with Gasteiger partial charge in [0.1, 0.15) is 24.4 Å². The Bertz CT molecular complexity index is 1830. The zero-order chi connectivity index (χ0) is 35.1. The second-order valence-electron chi connectivity index (χ2n) is 12.5. The SMILES string of the molecule is COc1c(C)cc2c(c1O)C1NC(C2)[C@H](C#N)N2C1[C@@H]1SCC(NC(=O)C(F)(F)F)C(=O)OC[C@H]2c2c3c(c(C)c(OC(C)=O)c21)OCO3. The molecule has 2 aromatic rings. The Kier molecular flexibility index (Phi) is 8.03. The fraction of sp³-hybridized carbons (Fsp3) is 0.500. The van der Waals surface area contributed by atoms with Crippen molar-refractivity contribution in [2.75, 3.05) is 26.3 Å². The molecule has 2 aromatic carbocycles. The molecule has 3 N–H and O–H groups in total. The summed E-state index contributed by atoms with van der Waals surface area (Å²) in [6, 6.07) is -1.10. The lowest BCUT2D eigenvalue weighted by Gasteiger charge is -2.59. The Labute approximate surface area is 281 Å². The fourth-order valence-corrected chi connectivity index (χ4v) is 9.43. The largest absolute Gasteiger partial charge is 0.504 e. The number of nitrogens with zero attached hydrogens (tertiary/aromatic N) is 2. The van der Waals surface area contributed by atoms with E-state index in [1.165, 1.54) is 14.0 Å². The minimum atomic E-state index is -5.26. The smallest absolute Gasteiger partial charge is 0.471 e. The van der Waals surface area contributed by atoms with Gasteiger partial charge >= 0.3 is 24.0 Å². The highest BCUT2D eigenvalue weighted by molar-refractivity contribution is 7.99. The number of nitrogens with one attached hydrogen (secondary N) is 2. The van der Waals surface area contributed by atoms with Gasteiger partial charge in [-0.05, 0) is 31.4 Å². The Balaban J connectivity index is 1.49. The number of cyclic esters (lactones) is 1. The number of aromatic hydroxyl groups is 1. The summed E-state index contributed by atoms with van der Waals surface area (Å²) in [6.45, 7) is 4.06. The number of piperazine rings is 1. The molecule has 0 aromatic heterocycles. The predicted octanol–water partition coefficient (Wildman–Crippen LogP) is 2.94. The van der Waals surface area contributed by atoms with Crippen LogP contribution in [0.2, 0.25) is 0 Å². The van der Waals surface area contributed by atoms with E-state index < -0.39 is 77.9 Å². The van der Waals surface area contributed by atoms with Crippen LogP contribution in [0.1, 0.15) is 57.6 Å². The summed E-state index contributed by atoms with van der Waals surface area (Å²) in [7, 11) is 1.43. The first-order chi connectivity index (χ1) is 23.3. The Morgan fingerprint density at radius 1 is 1.16 bits per heavy atom. The molecule has 17 heteroatoms. The van der Waals surface area contributed by atoms with Crippen LogP contribution < -0.4 is 29.6 Å². The Hall–Kier alpha value is -4.40.